The van der Waals surface area contributed by atoms with Gasteiger partial charge in [-0.1, -0.05) is 18.2 Å². The summed E-state index contributed by atoms with van der Waals surface area (Å²) in [6.45, 7) is 6.43. The lowest BCUT2D eigenvalue weighted by atomic mass is 9.97. The number of aromatic nitrogens is 3. The fourth-order valence-electron chi connectivity index (χ4n) is 5.55. The van der Waals surface area contributed by atoms with Crippen LogP contribution >= 0.6 is 0 Å². The van der Waals surface area contributed by atoms with Crippen LogP contribution in [0.25, 0.3) is 10.9 Å². The van der Waals surface area contributed by atoms with Crippen molar-refractivity contribution in [3.05, 3.63) is 54.0 Å². The van der Waals surface area contributed by atoms with Crippen LogP contribution in [0.3, 0.4) is 0 Å². The summed E-state index contributed by atoms with van der Waals surface area (Å²) in [5.74, 6) is 0.139. The Morgan fingerprint density at radius 2 is 1.90 bits per heavy atom. The highest BCUT2D eigenvalue weighted by Crippen LogP contribution is 2.24. The average Bonchev–Trinajstić information content (AvgIpc) is 3.29. The lowest BCUT2D eigenvalue weighted by Gasteiger charge is -2.36. The number of aliphatic hydroxyl groups is 1. The number of anilines is 1. The van der Waals surface area contributed by atoms with Crippen LogP contribution in [0.4, 0.5) is 5.95 Å². The van der Waals surface area contributed by atoms with Crippen molar-refractivity contribution in [2.45, 2.75) is 64.3 Å². The number of nitrogens with one attached hydrogen (secondary N) is 2. The Hall–Kier alpha value is -3.58. The summed E-state index contributed by atoms with van der Waals surface area (Å²) in [4.78, 5) is 40.0. The van der Waals surface area contributed by atoms with Gasteiger partial charge in [-0.2, -0.15) is 0 Å². The van der Waals surface area contributed by atoms with Gasteiger partial charge in [-0.15, -0.1) is 0 Å². The second-order valence-electron chi connectivity index (χ2n) is 10.8. The minimum absolute atomic E-state index is 0.0344. The van der Waals surface area contributed by atoms with Crippen LogP contribution in [0.15, 0.2) is 42.9 Å². The first-order valence-electron chi connectivity index (χ1n) is 14.1. The molecule has 4 heterocycles. The van der Waals surface area contributed by atoms with Crippen LogP contribution in [-0.2, 0) is 32.7 Å². The molecule has 41 heavy (non-hydrogen) atoms. The zero-order valence-corrected chi connectivity index (χ0v) is 23.7. The summed E-state index contributed by atoms with van der Waals surface area (Å²) in [6, 6.07) is 8.47. The van der Waals surface area contributed by atoms with Crippen molar-refractivity contribution in [1.82, 2.24) is 25.3 Å². The van der Waals surface area contributed by atoms with Gasteiger partial charge in [0, 0.05) is 69.5 Å². The van der Waals surface area contributed by atoms with Crippen LogP contribution in [-0.4, -0.2) is 75.8 Å². The predicted molar refractivity (Wildman–Crippen MR) is 151 cm³/mol. The number of hydrogen-bond donors (Lipinski definition) is 3. The zero-order chi connectivity index (χ0) is 28.9. The van der Waals surface area contributed by atoms with Crippen molar-refractivity contribution in [1.29, 1.82) is 0 Å². The monoisotopic (exact) mass is 566 g/mol. The third kappa shape index (κ3) is 7.02. The highest BCUT2D eigenvalue weighted by Gasteiger charge is 2.38. The second-order valence-corrected chi connectivity index (χ2v) is 10.8. The van der Waals surface area contributed by atoms with Crippen LogP contribution in [0, 0.1) is 5.92 Å². The summed E-state index contributed by atoms with van der Waals surface area (Å²) >= 11 is 0. The molecule has 2 aliphatic heterocycles. The van der Waals surface area contributed by atoms with E-state index in [2.05, 4.69) is 67.7 Å². The molecule has 12 heteroatoms. The largest absolute Gasteiger partial charge is 0.457 e. The minimum Gasteiger partial charge on any atom is -0.457 e. The van der Waals surface area contributed by atoms with Gasteiger partial charge in [0.1, 0.15) is 0 Å². The van der Waals surface area contributed by atoms with Gasteiger partial charge in [0.2, 0.25) is 5.95 Å². The number of nitrogens with zero attached hydrogens (tertiary/aromatic N) is 4. The van der Waals surface area contributed by atoms with E-state index in [4.69, 9.17) is 14.3 Å². The van der Waals surface area contributed by atoms with Crippen molar-refractivity contribution in [2.75, 3.05) is 24.5 Å². The summed E-state index contributed by atoms with van der Waals surface area (Å²) in [7, 11) is 2.08. The fraction of sp³-hybridized carbons (Fsp3) is 0.517. The van der Waals surface area contributed by atoms with Gasteiger partial charge in [0.25, 0.3) is 5.91 Å². The first kappa shape index (κ1) is 28.9. The van der Waals surface area contributed by atoms with Crippen molar-refractivity contribution in [3.8, 4) is 0 Å². The minimum atomic E-state index is -0.976. The normalized spacial score (nSPS) is 23.5. The molecule has 0 unspecified atom stereocenters. The first-order chi connectivity index (χ1) is 19.8. The van der Waals surface area contributed by atoms with Crippen molar-refractivity contribution in [2.24, 2.45) is 13.0 Å². The topological polar surface area (TPSA) is 140 Å². The van der Waals surface area contributed by atoms with Crippen molar-refractivity contribution in [3.63, 3.8) is 0 Å². The van der Waals surface area contributed by atoms with Gasteiger partial charge >= 0.3 is 5.97 Å². The van der Waals surface area contributed by atoms with Crippen LogP contribution in [0.5, 0.6) is 0 Å². The smallest absolute Gasteiger partial charge is 0.303 e. The number of hydroxylamine groups is 1. The summed E-state index contributed by atoms with van der Waals surface area (Å²) in [6.07, 6.45) is 3.98. The highest BCUT2D eigenvalue weighted by molar-refractivity contribution is 5.92. The number of rotatable bonds is 9. The Kier molecular flexibility index (Phi) is 9.13. The Labute approximate surface area is 238 Å². The number of esters is 1. The molecule has 4 atom stereocenters. The molecule has 3 N–H and O–H groups in total. The molecule has 220 valence electrons. The lowest BCUT2D eigenvalue weighted by Crippen LogP contribution is -2.51. The Balaban J connectivity index is 1.04. The van der Waals surface area contributed by atoms with Crippen molar-refractivity contribution < 1.29 is 29.0 Å². The molecule has 3 aromatic rings. The van der Waals surface area contributed by atoms with E-state index >= 15 is 0 Å². The van der Waals surface area contributed by atoms with Gasteiger partial charge in [-0.25, -0.2) is 20.3 Å². The van der Waals surface area contributed by atoms with Gasteiger partial charge in [-0.05, 0) is 43.9 Å². The lowest BCUT2D eigenvalue weighted by molar-refractivity contribution is -0.263. The molecule has 0 spiro atoms. The molecule has 0 saturated carbocycles. The SMILES string of the molecule is CC(=O)O[C@@H]1[C@H](C)O[C@@H](ONC(=O)c2cnc(N3CCC(CNCc4cn(C)c5ccccc45)CC3)nc2)C[C@@H]1O. The molecule has 2 aromatic heterocycles. The Morgan fingerprint density at radius 3 is 2.61 bits per heavy atom. The van der Waals surface area contributed by atoms with Crippen molar-refractivity contribution >= 4 is 28.7 Å². The molecule has 12 nitrogen and oxygen atoms in total. The molecular weight excluding hydrogens is 528 g/mol. The number of benzene rings is 1. The third-order valence-corrected chi connectivity index (χ3v) is 7.75. The quantitative estimate of drug-likeness (QED) is 0.260. The number of carbonyl (C=O) groups is 2. The van der Waals surface area contributed by atoms with E-state index in [0.29, 0.717) is 11.9 Å². The zero-order valence-electron chi connectivity index (χ0n) is 23.7. The molecular formula is C29H38N6O6. The third-order valence-electron chi connectivity index (χ3n) is 7.75. The number of para-hydroxylation sites is 1. The predicted octanol–water partition coefficient (Wildman–Crippen LogP) is 2.06. The Bertz CT molecular complexity index is 1330. The molecule has 0 radical (unpaired) electrons. The molecule has 1 amide bonds. The number of hydrogen-bond acceptors (Lipinski definition) is 10. The number of amides is 1. The number of aryl methyl sites for hydroxylation is 1. The molecule has 2 fully saturated rings. The average molecular weight is 567 g/mol. The number of piperidine rings is 1. The van der Waals surface area contributed by atoms with Gasteiger partial charge in [0.15, 0.2) is 12.4 Å². The summed E-state index contributed by atoms with van der Waals surface area (Å²) < 4.78 is 12.9. The highest BCUT2D eigenvalue weighted by atomic mass is 16.8. The van der Waals surface area contributed by atoms with E-state index in [1.165, 1.54) is 35.8 Å². The number of carbonyl (C=O) groups excluding carboxylic acids is 2. The maximum Gasteiger partial charge on any atom is 0.303 e. The van der Waals surface area contributed by atoms with Gasteiger partial charge < -0.3 is 29.4 Å². The fourth-order valence-corrected chi connectivity index (χ4v) is 5.55. The van der Waals surface area contributed by atoms with Crippen LogP contribution in [0.1, 0.15) is 49.0 Å². The van der Waals surface area contributed by atoms with Crippen LogP contribution in [0.2, 0.25) is 0 Å². The standard InChI is InChI=1S/C29H38N6O6/c1-18-27(40-19(2)36)25(37)12-26(39-18)41-33-28(38)21-15-31-29(32-16-21)35-10-8-20(9-11-35)13-30-14-22-17-34(3)24-7-5-4-6-23(22)24/h4-7,15-18,20,25-27,30,37H,8-14H2,1-3H3,(H,33,38)/t18-,25-,26-,27+/m0/s1. The van der Waals surface area contributed by atoms with Gasteiger partial charge in [-0.3, -0.25) is 9.59 Å². The molecule has 1 aromatic carbocycles. The number of fused-ring (bicyclic) bond motifs is 1. The molecule has 0 aliphatic carbocycles. The van der Waals surface area contributed by atoms with E-state index in [-0.39, 0.29) is 12.0 Å². The van der Waals surface area contributed by atoms with E-state index in [1.807, 2.05) is 0 Å². The maximum atomic E-state index is 12.5. The molecule has 2 aliphatic rings. The molecule has 0 bridgehead atoms. The van der Waals surface area contributed by atoms with Gasteiger partial charge in [0.05, 0.1) is 17.8 Å². The summed E-state index contributed by atoms with van der Waals surface area (Å²) in [5.41, 5.74) is 5.13. The van der Waals surface area contributed by atoms with E-state index in [9.17, 15) is 14.7 Å². The first-order valence-corrected chi connectivity index (χ1v) is 14.1. The van der Waals surface area contributed by atoms with E-state index < -0.39 is 36.5 Å². The van der Waals surface area contributed by atoms with E-state index in [0.717, 1.165) is 39.0 Å². The second kappa shape index (κ2) is 12.9. The molecule has 5 rings (SSSR count). The Morgan fingerprint density at radius 1 is 1.17 bits per heavy atom. The molecule has 2 saturated heterocycles. The number of aliphatic hydroxyl groups excluding tert-OH is 1. The maximum absolute atomic E-state index is 12.5. The summed E-state index contributed by atoms with van der Waals surface area (Å²) in [5, 5.41) is 15.2. The number of ether oxygens (including phenoxy) is 2. The van der Waals surface area contributed by atoms with E-state index in [1.54, 1.807) is 6.92 Å². The van der Waals surface area contributed by atoms with Crippen LogP contribution < -0.4 is 15.7 Å².